The van der Waals surface area contributed by atoms with Crippen LogP contribution in [0.2, 0.25) is 0 Å². The quantitative estimate of drug-likeness (QED) is 0.329. The van der Waals surface area contributed by atoms with Gasteiger partial charge in [0, 0.05) is 11.3 Å². The molecule has 0 radical (unpaired) electrons. The number of rotatable bonds is 8. The minimum atomic E-state index is -2.70. The van der Waals surface area contributed by atoms with Gasteiger partial charge in [0.2, 0.25) is 0 Å². The molecular weight excluding hydrogens is 580 g/mol. The summed E-state index contributed by atoms with van der Waals surface area (Å²) in [6.07, 6.45) is 4.10. The average molecular weight is 629 g/mol. The first-order chi connectivity index (χ1) is 21.4. The van der Waals surface area contributed by atoms with Gasteiger partial charge in [-0.25, -0.2) is 0 Å². The van der Waals surface area contributed by atoms with E-state index in [9.17, 15) is 34.2 Å². The number of benzene rings is 2. The van der Waals surface area contributed by atoms with Crippen LogP contribution >= 0.6 is 0 Å². The molecule has 2 aromatic rings. The van der Waals surface area contributed by atoms with Gasteiger partial charge < -0.3 is 10.2 Å². The van der Waals surface area contributed by atoms with Crippen LogP contribution in [0.5, 0.6) is 5.75 Å². The maximum atomic E-state index is 14.6. The Kier molecular flexibility index (Phi) is 8.59. The molecule has 5 rings (SSSR count). The zero-order chi connectivity index (χ0) is 34.1. The summed E-state index contributed by atoms with van der Waals surface area (Å²) < 4.78 is 0. The Morgan fingerprint density at radius 3 is 2.24 bits per heavy atom. The lowest BCUT2D eigenvalue weighted by atomic mass is 9.40. The molecule has 2 fully saturated rings. The Morgan fingerprint density at radius 2 is 1.65 bits per heavy atom. The summed E-state index contributed by atoms with van der Waals surface area (Å²) in [4.78, 5) is 69.3. The highest BCUT2D eigenvalue weighted by Crippen LogP contribution is 2.64. The summed E-state index contributed by atoms with van der Waals surface area (Å²) >= 11 is 0. The topological polar surface area (TPSA) is 126 Å². The van der Waals surface area contributed by atoms with Crippen LogP contribution in [0.1, 0.15) is 102 Å². The van der Waals surface area contributed by atoms with Crippen LogP contribution in [0.3, 0.4) is 0 Å². The number of phenols is 1. The second kappa shape index (κ2) is 11.7. The predicted octanol–water partition coefficient (Wildman–Crippen LogP) is 6.30. The Balaban J connectivity index is 1.69. The van der Waals surface area contributed by atoms with Gasteiger partial charge in [0.1, 0.15) is 17.5 Å². The summed E-state index contributed by atoms with van der Waals surface area (Å²) in [6, 6.07) is 9.76. The number of aromatic hydroxyl groups is 1. The van der Waals surface area contributed by atoms with Crippen LogP contribution in [-0.2, 0) is 38.4 Å². The van der Waals surface area contributed by atoms with Gasteiger partial charge in [-0.1, -0.05) is 79.2 Å². The number of phenolic OH excluding ortho intramolecular Hbond substituents is 1. The predicted molar refractivity (Wildman–Crippen MR) is 176 cm³/mol. The second-order valence-corrected chi connectivity index (χ2v) is 15.4. The van der Waals surface area contributed by atoms with E-state index < -0.39 is 63.1 Å². The van der Waals surface area contributed by atoms with Crippen LogP contribution in [0, 0.1) is 40.4 Å². The van der Waals surface area contributed by atoms with Crippen LogP contribution in [0.4, 0.5) is 0 Å². The number of aryl methyl sites for hydroxylation is 2. The molecule has 3 aliphatic rings. The maximum absolute atomic E-state index is 14.6. The van der Waals surface area contributed by atoms with E-state index in [4.69, 9.17) is 0 Å². The van der Waals surface area contributed by atoms with Gasteiger partial charge in [0.25, 0.3) is 0 Å². The van der Waals surface area contributed by atoms with Crippen molar-refractivity contribution in [1.82, 2.24) is 0 Å². The van der Waals surface area contributed by atoms with Crippen LogP contribution < -0.4 is 0 Å². The molecule has 3 aliphatic carbocycles. The number of carbonyl (C=O) groups is 5. The van der Waals surface area contributed by atoms with Crippen molar-refractivity contribution in [2.45, 2.75) is 99.5 Å². The molecule has 2 aromatic carbocycles. The highest BCUT2D eigenvalue weighted by molar-refractivity contribution is 6.32. The molecule has 246 valence electrons. The van der Waals surface area contributed by atoms with Crippen molar-refractivity contribution in [2.75, 3.05) is 0 Å². The van der Waals surface area contributed by atoms with Crippen molar-refractivity contribution in [3.63, 3.8) is 0 Å². The number of carbonyl (C=O) groups excluding carboxylic acids is 5. The highest BCUT2D eigenvalue weighted by atomic mass is 16.3. The minimum Gasteiger partial charge on any atom is -0.507 e. The molecular formula is C39H48O7. The van der Waals surface area contributed by atoms with E-state index in [2.05, 4.69) is 39.0 Å². The Morgan fingerprint density at radius 1 is 0.978 bits per heavy atom. The van der Waals surface area contributed by atoms with E-state index in [1.807, 2.05) is 13.0 Å². The van der Waals surface area contributed by atoms with Crippen LogP contribution in [-0.4, -0.2) is 44.7 Å². The van der Waals surface area contributed by atoms with E-state index in [0.29, 0.717) is 11.5 Å². The molecule has 2 N–H and O–H groups in total. The maximum Gasteiger partial charge on any atom is 0.190 e. The zero-order valence-corrected chi connectivity index (χ0v) is 28.5. The summed E-state index contributed by atoms with van der Waals surface area (Å²) in [5, 5.41) is 23.4. The fourth-order valence-electron chi connectivity index (χ4n) is 9.44. The molecule has 3 unspecified atom stereocenters. The first kappa shape index (κ1) is 33.9. The molecule has 7 nitrogen and oxygen atoms in total. The molecule has 0 aliphatic heterocycles. The molecule has 2 saturated carbocycles. The summed E-state index contributed by atoms with van der Waals surface area (Å²) in [5.41, 5.74) is -0.554. The van der Waals surface area contributed by atoms with E-state index >= 15 is 0 Å². The Hall–Kier alpha value is -3.45. The fourth-order valence-corrected chi connectivity index (χ4v) is 9.44. The monoisotopic (exact) mass is 628 g/mol. The van der Waals surface area contributed by atoms with E-state index in [0.717, 1.165) is 49.3 Å². The number of aliphatic hydroxyl groups is 1. The summed E-state index contributed by atoms with van der Waals surface area (Å²) in [6.45, 7) is 14.6. The van der Waals surface area contributed by atoms with Crippen molar-refractivity contribution in [1.29, 1.82) is 0 Å². The van der Waals surface area contributed by atoms with E-state index in [1.165, 1.54) is 11.6 Å². The standard InChI is InChI=1S/C39H48O7/c1-9-24-14-13-23(12-10-11-20(2)3)17-26(24)25-15-16-28(41)30-27(25)18-37(7)19-38(8)31(21(4)5)33(42)29(22(6)40)35(44)39(38,46)36(45)32(37)34(30)43/h13-17,20-21,29,31-32,41,46H,9-12,18-19H2,1-8H3/t29?,31?,32?,37-,38-,39+/m1/s1. The number of ketones is 5. The van der Waals surface area contributed by atoms with E-state index in [1.54, 1.807) is 20.8 Å². The SMILES string of the molecule is CCc1ccc(CCCC(C)C)cc1-c1ccc(O)c2c1C[C@]1(C)C[C@]3(C)C(C(C)C)C(=O)C(C(C)=O)C(=O)[C@]3(O)C(=O)C1C2=O. The smallest absolute Gasteiger partial charge is 0.190 e. The fraction of sp³-hybridized carbons (Fsp3) is 0.564. The molecule has 46 heavy (non-hydrogen) atoms. The minimum absolute atomic E-state index is 0.0357. The molecule has 0 amide bonds. The molecule has 7 heteroatoms. The lowest BCUT2D eigenvalue weighted by molar-refractivity contribution is -0.205. The van der Waals surface area contributed by atoms with Gasteiger partial charge in [-0.3, -0.25) is 24.0 Å². The molecule has 0 spiro atoms. The van der Waals surface area contributed by atoms with Gasteiger partial charge in [-0.05, 0) is 90.2 Å². The van der Waals surface area contributed by atoms with Gasteiger partial charge in [0.05, 0.1) is 11.5 Å². The number of fused-ring (bicyclic) bond motifs is 3. The molecule has 0 heterocycles. The van der Waals surface area contributed by atoms with Gasteiger partial charge in [0.15, 0.2) is 28.7 Å². The normalized spacial score (nSPS) is 30.8. The number of hydrogen-bond acceptors (Lipinski definition) is 7. The third kappa shape index (κ3) is 4.83. The third-order valence-electron chi connectivity index (χ3n) is 11.4. The lowest BCUT2D eigenvalue weighted by Crippen LogP contribution is -2.76. The Labute approximate surface area is 272 Å². The number of Topliss-reactive ketones (excluding diaryl/α,β-unsaturated/α-hetero) is 5. The highest BCUT2D eigenvalue weighted by Gasteiger charge is 2.76. The largest absolute Gasteiger partial charge is 0.507 e. The van der Waals surface area contributed by atoms with Gasteiger partial charge in [-0.2, -0.15) is 0 Å². The number of hydrogen-bond donors (Lipinski definition) is 2. The van der Waals surface area contributed by atoms with Gasteiger partial charge >= 0.3 is 0 Å². The first-order valence-electron chi connectivity index (χ1n) is 16.8. The van der Waals surface area contributed by atoms with Crippen molar-refractivity contribution in [2.24, 2.45) is 40.4 Å². The van der Waals surface area contributed by atoms with E-state index in [-0.39, 0.29) is 30.1 Å². The summed E-state index contributed by atoms with van der Waals surface area (Å²) in [5.74, 6) is -8.21. The lowest BCUT2D eigenvalue weighted by Gasteiger charge is -2.61. The van der Waals surface area contributed by atoms with Crippen molar-refractivity contribution in [3.8, 4) is 16.9 Å². The van der Waals surface area contributed by atoms with Crippen LogP contribution in [0.25, 0.3) is 11.1 Å². The Bertz CT molecular complexity index is 1650. The summed E-state index contributed by atoms with van der Waals surface area (Å²) in [7, 11) is 0. The van der Waals surface area contributed by atoms with Crippen molar-refractivity contribution < 1.29 is 34.2 Å². The van der Waals surface area contributed by atoms with Gasteiger partial charge in [-0.15, -0.1) is 0 Å². The second-order valence-electron chi connectivity index (χ2n) is 15.4. The van der Waals surface area contributed by atoms with Crippen LogP contribution in [0.15, 0.2) is 30.3 Å². The van der Waals surface area contributed by atoms with Crippen molar-refractivity contribution >= 4 is 28.9 Å². The third-order valence-corrected chi connectivity index (χ3v) is 11.4. The van der Waals surface area contributed by atoms with Crippen molar-refractivity contribution in [3.05, 3.63) is 52.6 Å². The molecule has 0 saturated heterocycles. The average Bonchev–Trinajstić information content (AvgIpc) is 2.94. The zero-order valence-electron chi connectivity index (χ0n) is 28.5. The first-order valence-corrected chi connectivity index (χ1v) is 16.8. The molecule has 0 aromatic heterocycles. The molecule has 0 bridgehead atoms. The molecule has 6 atom stereocenters.